The van der Waals surface area contributed by atoms with Gasteiger partial charge in [0.05, 0.1) is 18.7 Å². The second-order valence-electron chi connectivity index (χ2n) is 6.05. The van der Waals surface area contributed by atoms with Crippen LogP contribution in [0.5, 0.6) is 5.75 Å². The maximum absolute atomic E-state index is 12.1. The predicted molar refractivity (Wildman–Crippen MR) is 101 cm³/mol. The number of piperidine rings is 1. The Balaban J connectivity index is 1.66. The van der Waals surface area contributed by atoms with E-state index in [0.717, 1.165) is 18.5 Å². The number of halogens is 1. The van der Waals surface area contributed by atoms with E-state index in [1.807, 2.05) is 6.07 Å². The highest BCUT2D eigenvalue weighted by molar-refractivity contribution is 6.32. The Morgan fingerprint density at radius 3 is 2.65 bits per heavy atom. The molecule has 2 N–H and O–H groups in total. The van der Waals surface area contributed by atoms with Crippen LogP contribution in [0.25, 0.3) is 0 Å². The summed E-state index contributed by atoms with van der Waals surface area (Å²) in [5, 5.41) is 6.72. The van der Waals surface area contributed by atoms with Crippen molar-refractivity contribution in [1.29, 1.82) is 0 Å². The summed E-state index contributed by atoms with van der Waals surface area (Å²) < 4.78 is 10.1. The Morgan fingerprint density at radius 2 is 2.04 bits per heavy atom. The van der Waals surface area contributed by atoms with Crippen LogP contribution < -0.4 is 15.4 Å². The minimum atomic E-state index is -0.278. The molecule has 2 amide bonds. The molecule has 26 heavy (non-hydrogen) atoms. The molecular weight excluding hydrogens is 358 g/mol. The van der Waals surface area contributed by atoms with Gasteiger partial charge in [0, 0.05) is 37.8 Å². The third kappa shape index (κ3) is 5.98. The zero-order valence-corrected chi connectivity index (χ0v) is 16.0. The number of amides is 2. The Bertz CT molecular complexity index is 618. The first-order valence-corrected chi connectivity index (χ1v) is 9.19. The maximum Gasteiger partial charge on any atom is 0.409 e. The summed E-state index contributed by atoms with van der Waals surface area (Å²) >= 11 is 6.07. The van der Waals surface area contributed by atoms with Crippen molar-refractivity contribution in [3.63, 3.8) is 0 Å². The molecule has 0 aliphatic carbocycles. The highest BCUT2D eigenvalue weighted by Crippen LogP contribution is 2.27. The third-order valence-electron chi connectivity index (χ3n) is 4.22. The number of hydrogen-bond acceptors (Lipinski definition) is 5. The molecule has 0 radical (unpaired) electrons. The number of nitrogens with one attached hydrogen (secondary N) is 2. The molecule has 0 spiro atoms. The first kappa shape index (κ1) is 20.2. The van der Waals surface area contributed by atoms with Crippen molar-refractivity contribution in [3.8, 4) is 5.75 Å². The molecule has 1 aromatic carbocycles. The van der Waals surface area contributed by atoms with Gasteiger partial charge in [-0.1, -0.05) is 11.6 Å². The second kappa shape index (κ2) is 10.1. The van der Waals surface area contributed by atoms with Crippen LogP contribution in [0, 0.1) is 0 Å². The van der Waals surface area contributed by atoms with Crippen molar-refractivity contribution in [2.75, 3.05) is 38.7 Å². The number of hydrogen-bond donors (Lipinski definition) is 2. The van der Waals surface area contributed by atoms with Gasteiger partial charge < -0.3 is 25.0 Å². The fourth-order valence-electron chi connectivity index (χ4n) is 2.82. The van der Waals surface area contributed by atoms with E-state index < -0.39 is 0 Å². The van der Waals surface area contributed by atoms with Crippen LogP contribution in [-0.2, 0) is 9.53 Å². The minimum absolute atomic E-state index is 0.00769. The molecule has 0 unspecified atom stereocenters. The SMILES string of the molecule is CCOC(=O)N1CCC(NC(=O)CCNc2ccc(OC)c(Cl)c2)CC1. The van der Waals surface area contributed by atoms with Gasteiger partial charge >= 0.3 is 6.09 Å². The van der Waals surface area contributed by atoms with Crippen LogP contribution >= 0.6 is 11.6 Å². The molecule has 1 fully saturated rings. The fraction of sp³-hybridized carbons (Fsp3) is 0.556. The first-order valence-electron chi connectivity index (χ1n) is 8.82. The molecule has 0 bridgehead atoms. The number of anilines is 1. The lowest BCUT2D eigenvalue weighted by atomic mass is 10.1. The summed E-state index contributed by atoms with van der Waals surface area (Å²) in [5.74, 6) is 0.607. The highest BCUT2D eigenvalue weighted by atomic mass is 35.5. The number of likely N-dealkylation sites (tertiary alicyclic amines) is 1. The second-order valence-corrected chi connectivity index (χ2v) is 6.46. The Hall–Kier alpha value is -2.15. The van der Waals surface area contributed by atoms with Gasteiger partial charge in [-0.15, -0.1) is 0 Å². The van der Waals surface area contributed by atoms with E-state index in [2.05, 4.69) is 10.6 Å². The number of ether oxygens (including phenoxy) is 2. The Kier molecular flexibility index (Phi) is 7.84. The number of carbonyl (C=O) groups excluding carboxylic acids is 2. The van der Waals surface area contributed by atoms with Gasteiger partial charge in [-0.25, -0.2) is 4.79 Å². The van der Waals surface area contributed by atoms with Gasteiger partial charge in [0.1, 0.15) is 5.75 Å². The lowest BCUT2D eigenvalue weighted by molar-refractivity contribution is -0.121. The monoisotopic (exact) mass is 383 g/mol. The molecule has 2 rings (SSSR count). The average molecular weight is 384 g/mol. The molecule has 0 saturated carbocycles. The van der Waals surface area contributed by atoms with Crippen LogP contribution in [0.1, 0.15) is 26.2 Å². The van der Waals surface area contributed by atoms with Crippen molar-refractivity contribution < 1.29 is 19.1 Å². The zero-order chi connectivity index (χ0) is 18.9. The highest BCUT2D eigenvalue weighted by Gasteiger charge is 2.24. The van der Waals surface area contributed by atoms with Crippen molar-refractivity contribution in [3.05, 3.63) is 23.2 Å². The molecule has 0 aromatic heterocycles. The molecule has 8 heteroatoms. The van der Waals surface area contributed by atoms with Crippen LogP contribution in [0.15, 0.2) is 18.2 Å². The lowest BCUT2D eigenvalue weighted by Gasteiger charge is -2.31. The molecule has 144 valence electrons. The van der Waals surface area contributed by atoms with Gasteiger partial charge in [-0.05, 0) is 38.0 Å². The van der Waals surface area contributed by atoms with Crippen molar-refractivity contribution >= 4 is 29.3 Å². The molecule has 1 aliphatic rings. The number of nitrogens with zero attached hydrogens (tertiary/aromatic N) is 1. The van der Waals surface area contributed by atoms with Gasteiger partial charge in [-0.2, -0.15) is 0 Å². The minimum Gasteiger partial charge on any atom is -0.495 e. The smallest absolute Gasteiger partial charge is 0.409 e. The maximum atomic E-state index is 12.1. The van der Waals surface area contributed by atoms with Gasteiger partial charge in [-0.3, -0.25) is 4.79 Å². The fourth-order valence-corrected chi connectivity index (χ4v) is 3.08. The van der Waals surface area contributed by atoms with Gasteiger partial charge in [0.2, 0.25) is 5.91 Å². The van der Waals surface area contributed by atoms with Crippen LogP contribution in [0.2, 0.25) is 5.02 Å². The summed E-state index contributed by atoms with van der Waals surface area (Å²) in [6.07, 6.45) is 1.57. The topological polar surface area (TPSA) is 79.9 Å². The number of benzene rings is 1. The van der Waals surface area contributed by atoms with E-state index in [9.17, 15) is 9.59 Å². The average Bonchev–Trinajstić information content (AvgIpc) is 2.62. The third-order valence-corrected chi connectivity index (χ3v) is 4.51. The van der Waals surface area contributed by atoms with Gasteiger partial charge in [0.15, 0.2) is 0 Å². The molecule has 0 atom stereocenters. The van der Waals surface area contributed by atoms with E-state index in [1.165, 1.54) is 0 Å². The molecule has 1 aromatic rings. The Morgan fingerprint density at radius 1 is 1.31 bits per heavy atom. The molecule has 7 nitrogen and oxygen atoms in total. The van der Waals surface area contributed by atoms with E-state index >= 15 is 0 Å². The molecule has 1 heterocycles. The molecular formula is C18H26ClN3O4. The normalized spacial score (nSPS) is 14.7. The van der Waals surface area contributed by atoms with Crippen molar-refractivity contribution in [1.82, 2.24) is 10.2 Å². The lowest BCUT2D eigenvalue weighted by Crippen LogP contribution is -2.46. The van der Waals surface area contributed by atoms with Crippen LogP contribution in [0.4, 0.5) is 10.5 Å². The van der Waals surface area contributed by atoms with Crippen LogP contribution in [-0.4, -0.2) is 56.3 Å². The molecule has 1 saturated heterocycles. The summed E-state index contributed by atoms with van der Waals surface area (Å²) in [6.45, 7) is 3.88. The van der Waals surface area contributed by atoms with Gasteiger partial charge in [0.25, 0.3) is 0 Å². The van der Waals surface area contributed by atoms with E-state index in [-0.39, 0.29) is 18.0 Å². The first-order chi connectivity index (χ1) is 12.5. The van der Waals surface area contributed by atoms with E-state index in [0.29, 0.717) is 43.4 Å². The Labute approximate surface area is 159 Å². The summed E-state index contributed by atoms with van der Waals surface area (Å²) in [6, 6.07) is 5.50. The zero-order valence-electron chi connectivity index (χ0n) is 15.2. The summed E-state index contributed by atoms with van der Waals surface area (Å²) in [5.41, 5.74) is 0.839. The van der Waals surface area contributed by atoms with E-state index in [1.54, 1.807) is 31.1 Å². The largest absolute Gasteiger partial charge is 0.495 e. The summed E-state index contributed by atoms with van der Waals surface area (Å²) in [7, 11) is 1.57. The predicted octanol–water partition coefficient (Wildman–Crippen LogP) is 2.89. The number of carbonyl (C=O) groups is 2. The van der Waals surface area contributed by atoms with E-state index in [4.69, 9.17) is 21.1 Å². The molecule has 1 aliphatic heterocycles. The standard InChI is InChI=1S/C18H26ClN3O4/c1-3-26-18(24)22-10-7-13(8-11-22)21-17(23)6-9-20-14-4-5-16(25-2)15(19)12-14/h4-5,12-13,20H,3,6-11H2,1-2H3,(H,21,23). The van der Waals surface area contributed by atoms with Crippen molar-refractivity contribution in [2.24, 2.45) is 0 Å². The number of rotatable bonds is 7. The van der Waals surface area contributed by atoms with Crippen molar-refractivity contribution in [2.45, 2.75) is 32.2 Å². The quantitative estimate of drug-likeness (QED) is 0.756. The van der Waals surface area contributed by atoms with Crippen LogP contribution in [0.3, 0.4) is 0 Å². The number of methoxy groups -OCH3 is 1. The summed E-state index contributed by atoms with van der Waals surface area (Å²) in [4.78, 5) is 25.4.